The van der Waals surface area contributed by atoms with E-state index in [1.807, 2.05) is 67.6 Å². The molecule has 6 nitrogen and oxygen atoms in total. The number of sulfonamides is 1. The number of benzene rings is 3. The van der Waals surface area contributed by atoms with Crippen molar-refractivity contribution in [2.45, 2.75) is 24.0 Å². The summed E-state index contributed by atoms with van der Waals surface area (Å²) in [4.78, 5) is 12.8. The van der Waals surface area contributed by atoms with Crippen LogP contribution in [0.4, 0.5) is 0 Å². The quantitative estimate of drug-likeness (QED) is 0.542. The predicted octanol–water partition coefficient (Wildman–Crippen LogP) is 2.97. The van der Waals surface area contributed by atoms with Gasteiger partial charge in [0.25, 0.3) is 0 Å². The van der Waals surface area contributed by atoms with Gasteiger partial charge in [0.15, 0.2) is 6.10 Å². The lowest BCUT2D eigenvalue weighted by molar-refractivity contribution is -0.150. The lowest BCUT2D eigenvalue weighted by Crippen LogP contribution is -2.44. The molecule has 0 aliphatic carbocycles. The molecule has 1 atom stereocenters. The van der Waals surface area contributed by atoms with Crippen LogP contribution in [0.15, 0.2) is 89.8 Å². The molecule has 0 saturated heterocycles. The number of aliphatic hydroxyl groups excluding tert-OH is 1. The number of hydrogen-bond acceptors (Lipinski definition) is 5. The first-order valence-electron chi connectivity index (χ1n) is 9.41. The maximum atomic E-state index is 12.8. The second kappa shape index (κ2) is 9.67. The third-order valence-corrected chi connectivity index (χ3v) is 6.02. The number of aliphatic hydroxyl groups is 1. The lowest BCUT2D eigenvalue weighted by Gasteiger charge is -2.22. The molecule has 0 aliphatic rings. The molecule has 7 heteroatoms. The van der Waals surface area contributed by atoms with Gasteiger partial charge in [0.2, 0.25) is 10.0 Å². The molecular formula is C23H23NO5S. The maximum Gasteiger partial charge on any atom is 0.327 e. The molecule has 0 amide bonds. The van der Waals surface area contributed by atoms with E-state index in [1.54, 1.807) is 12.1 Å². The first-order chi connectivity index (χ1) is 14.4. The molecule has 1 unspecified atom stereocenters. The maximum absolute atomic E-state index is 12.8. The number of carbonyl (C=O) groups is 1. The highest BCUT2D eigenvalue weighted by molar-refractivity contribution is 7.89. The molecule has 0 fully saturated rings. The van der Waals surface area contributed by atoms with E-state index in [0.29, 0.717) is 0 Å². The molecule has 2 N–H and O–H groups in total. The number of ether oxygens (including phenoxy) is 1. The van der Waals surface area contributed by atoms with Crippen LogP contribution >= 0.6 is 0 Å². The Balaban J connectivity index is 1.82. The predicted molar refractivity (Wildman–Crippen MR) is 113 cm³/mol. The molecule has 0 saturated carbocycles. The number of esters is 1. The first kappa shape index (κ1) is 21.7. The fourth-order valence-corrected chi connectivity index (χ4v) is 4.09. The Hall–Kier alpha value is -3.00. The van der Waals surface area contributed by atoms with Crippen molar-refractivity contribution in [2.24, 2.45) is 0 Å². The molecule has 0 radical (unpaired) electrons. The second-order valence-corrected chi connectivity index (χ2v) is 8.52. The molecule has 3 aromatic carbocycles. The Morgan fingerprint density at radius 2 is 1.40 bits per heavy atom. The van der Waals surface area contributed by atoms with Crippen LogP contribution in [0.3, 0.4) is 0 Å². The first-order valence-corrected chi connectivity index (χ1v) is 10.9. The summed E-state index contributed by atoms with van der Waals surface area (Å²) < 4.78 is 33.1. The van der Waals surface area contributed by atoms with E-state index < -0.39 is 34.7 Å². The molecule has 30 heavy (non-hydrogen) atoms. The molecular weight excluding hydrogens is 402 g/mol. The molecule has 0 bridgehead atoms. The van der Waals surface area contributed by atoms with Crippen molar-refractivity contribution >= 4 is 16.0 Å². The van der Waals surface area contributed by atoms with Crippen molar-refractivity contribution in [1.29, 1.82) is 0 Å². The van der Waals surface area contributed by atoms with Crippen LogP contribution in [0, 0.1) is 6.92 Å². The van der Waals surface area contributed by atoms with Gasteiger partial charge in [-0.25, -0.2) is 8.42 Å². The van der Waals surface area contributed by atoms with Gasteiger partial charge in [-0.05, 0) is 30.2 Å². The fraction of sp³-hybridized carbons (Fsp3) is 0.174. The van der Waals surface area contributed by atoms with E-state index in [1.165, 1.54) is 12.1 Å². The van der Waals surface area contributed by atoms with Gasteiger partial charge in [-0.2, -0.15) is 4.72 Å². The Labute approximate surface area is 176 Å². The summed E-state index contributed by atoms with van der Waals surface area (Å²) in [6, 6.07) is 23.0. The minimum atomic E-state index is -4.01. The average molecular weight is 426 g/mol. The van der Waals surface area contributed by atoms with Gasteiger partial charge in [-0.1, -0.05) is 78.4 Å². The molecule has 0 spiro atoms. The molecule has 0 aromatic heterocycles. The lowest BCUT2D eigenvalue weighted by atomic mass is 10.0. The van der Waals surface area contributed by atoms with Gasteiger partial charge in [0, 0.05) is 0 Å². The Morgan fingerprint density at radius 3 is 1.87 bits per heavy atom. The zero-order valence-corrected chi connectivity index (χ0v) is 17.2. The second-order valence-electron chi connectivity index (χ2n) is 6.81. The number of nitrogens with one attached hydrogen (secondary N) is 1. The number of rotatable bonds is 8. The van der Waals surface area contributed by atoms with Crippen molar-refractivity contribution in [3.63, 3.8) is 0 Å². The summed E-state index contributed by atoms with van der Waals surface area (Å²) in [6.45, 7) is 1.10. The summed E-state index contributed by atoms with van der Waals surface area (Å²) in [6.07, 6.45) is -0.738. The van der Waals surface area contributed by atoms with E-state index in [9.17, 15) is 18.3 Å². The number of carbonyl (C=O) groups excluding carboxylic acids is 1. The Kier molecular flexibility index (Phi) is 6.99. The third-order valence-electron chi connectivity index (χ3n) is 4.53. The van der Waals surface area contributed by atoms with Crippen molar-refractivity contribution in [1.82, 2.24) is 4.72 Å². The number of hydrogen-bond donors (Lipinski definition) is 2. The normalized spacial score (nSPS) is 12.5. The smallest absolute Gasteiger partial charge is 0.327 e. The van der Waals surface area contributed by atoms with Crippen LogP contribution in [0.5, 0.6) is 0 Å². The zero-order valence-electron chi connectivity index (χ0n) is 16.4. The standard InChI is InChI=1S/C23H23NO5S/c1-17-12-14-20(15-13-17)30(27,28)24-21(16-25)23(26)29-22(18-8-4-2-5-9-18)19-10-6-3-7-11-19/h2-15,21-22,24-25H,16H2,1H3. The van der Waals surface area contributed by atoms with Crippen LogP contribution in [-0.4, -0.2) is 32.1 Å². The highest BCUT2D eigenvalue weighted by Crippen LogP contribution is 2.26. The zero-order chi connectivity index (χ0) is 21.6. The number of aryl methyl sites for hydroxylation is 1. The Bertz CT molecular complexity index is 1030. The van der Waals surface area contributed by atoms with E-state index in [0.717, 1.165) is 16.7 Å². The van der Waals surface area contributed by atoms with Crippen LogP contribution in [0.25, 0.3) is 0 Å². The SMILES string of the molecule is Cc1ccc(S(=O)(=O)NC(CO)C(=O)OC(c2ccccc2)c2ccccc2)cc1. The molecule has 3 rings (SSSR count). The van der Waals surface area contributed by atoms with Crippen molar-refractivity contribution < 1.29 is 23.1 Å². The fourth-order valence-electron chi connectivity index (χ4n) is 2.92. The topological polar surface area (TPSA) is 92.7 Å². The summed E-state index contributed by atoms with van der Waals surface area (Å²) in [5.41, 5.74) is 2.37. The summed E-state index contributed by atoms with van der Waals surface area (Å²) in [5, 5.41) is 9.68. The van der Waals surface area contributed by atoms with Gasteiger partial charge in [0.1, 0.15) is 6.04 Å². The van der Waals surface area contributed by atoms with Gasteiger partial charge in [-0.15, -0.1) is 0 Å². The van der Waals surface area contributed by atoms with E-state index in [-0.39, 0.29) is 4.90 Å². The Morgan fingerprint density at radius 1 is 0.900 bits per heavy atom. The summed E-state index contributed by atoms with van der Waals surface area (Å²) >= 11 is 0. The van der Waals surface area contributed by atoms with Gasteiger partial charge >= 0.3 is 5.97 Å². The molecule has 0 heterocycles. The summed E-state index contributed by atoms with van der Waals surface area (Å²) in [5.74, 6) is -0.870. The minimum absolute atomic E-state index is 0.00187. The van der Waals surface area contributed by atoms with Crippen molar-refractivity contribution in [2.75, 3.05) is 6.61 Å². The monoisotopic (exact) mass is 425 g/mol. The third kappa shape index (κ3) is 5.33. The largest absolute Gasteiger partial charge is 0.451 e. The van der Waals surface area contributed by atoms with Crippen LogP contribution in [0.2, 0.25) is 0 Å². The van der Waals surface area contributed by atoms with Crippen molar-refractivity contribution in [3.8, 4) is 0 Å². The highest BCUT2D eigenvalue weighted by atomic mass is 32.2. The van der Waals surface area contributed by atoms with Crippen LogP contribution in [-0.2, 0) is 19.6 Å². The minimum Gasteiger partial charge on any atom is -0.451 e. The molecule has 0 aliphatic heterocycles. The average Bonchev–Trinajstić information content (AvgIpc) is 2.77. The van der Waals surface area contributed by atoms with E-state index in [4.69, 9.17) is 4.74 Å². The molecule has 156 valence electrons. The van der Waals surface area contributed by atoms with E-state index >= 15 is 0 Å². The van der Waals surface area contributed by atoms with Crippen LogP contribution < -0.4 is 4.72 Å². The van der Waals surface area contributed by atoms with Crippen LogP contribution in [0.1, 0.15) is 22.8 Å². The van der Waals surface area contributed by atoms with Gasteiger partial charge in [-0.3, -0.25) is 4.79 Å². The van der Waals surface area contributed by atoms with Crippen molar-refractivity contribution in [3.05, 3.63) is 102 Å². The van der Waals surface area contributed by atoms with E-state index in [2.05, 4.69) is 4.72 Å². The summed E-state index contributed by atoms with van der Waals surface area (Å²) in [7, 11) is -4.01. The van der Waals surface area contributed by atoms with Gasteiger partial charge in [0.05, 0.1) is 11.5 Å². The highest BCUT2D eigenvalue weighted by Gasteiger charge is 2.29. The molecule has 3 aromatic rings. The van der Waals surface area contributed by atoms with Gasteiger partial charge < -0.3 is 9.84 Å².